The average Bonchev–Trinajstić information content (AvgIpc) is 2.36. The number of benzene rings is 1. The van der Waals surface area contributed by atoms with Crippen LogP contribution in [0.2, 0.25) is 0 Å². The van der Waals surface area contributed by atoms with Crippen LogP contribution in [0.5, 0.6) is 0 Å². The van der Waals surface area contributed by atoms with Crippen molar-refractivity contribution in [2.24, 2.45) is 0 Å². The predicted molar refractivity (Wildman–Crippen MR) is 73.1 cm³/mol. The smallest absolute Gasteiger partial charge is 0.161 e. The van der Waals surface area contributed by atoms with E-state index >= 15 is 0 Å². The van der Waals surface area contributed by atoms with Gasteiger partial charge in [0.15, 0.2) is 5.82 Å². The van der Waals surface area contributed by atoms with E-state index in [0.29, 0.717) is 17.3 Å². The van der Waals surface area contributed by atoms with Crippen LogP contribution >= 0.6 is 15.9 Å². The molecule has 0 aromatic heterocycles. The molecule has 3 nitrogen and oxygen atoms in total. The Kier molecular flexibility index (Phi) is 3.88. The lowest BCUT2D eigenvalue weighted by Crippen LogP contribution is -2.54. The Balaban J connectivity index is 2.39. The van der Waals surface area contributed by atoms with Crippen molar-refractivity contribution < 1.29 is 4.39 Å². The van der Waals surface area contributed by atoms with Crippen molar-refractivity contribution >= 4 is 21.6 Å². The van der Waals surface area contributed by atoms with Crippen LogP contribution in [0.15, 0.2) is 16.6 Å². The maximum atomic E-state index is 14.3. The number of rotatable bonds is 1. The zero-order chi connectivity index (χ0) is 13.3. The first-order chi connectivity index (χ1) is 8.54. The molecule has 5 heteroatoms. The number of halogens is 2. The quantitative estimate of drug-likeness (QED) is 0.866. The summed E-state index contributed by atoms with van der Waals surface area (Å²) in [6.07, 6.45) is 0. The van der Waals surface area contributed by atoms with Gasteiger partial charge in [0.05, 0.1) is 15.7 Å². The third-order valence-corrected chi connectivity index (χ3v) is 4.03. The van der Waals surface area contributed by atoms with Crippen LogP contribution in [0.1, 0.15) is 19.4 Å². The Morgan fingerprint density at radius 1 is 1.50 bits per heavy atom. The Morgan fingerprint density at radius 3 is 2.89 bits per heavy atom. The second-order valence-electron chi connectivity index (χ2n) is 4.68. The van der Waals surface area contributed by atoms with E-state index in [0.717, 1.165) is 13.1 Å². The lowest BCUT2D eigenvalue weighted by atomic mass is 10.1. The molecule has 1 aromatic carbocycles. The molecule has 0 aliphatic carbocycles. The van der Waals surface area contributed by atoms with Gasteiger partial charge in [-0.1, -0.05) is 0 Å². The van der Waals surface area contributed by atoms with E-state index in [4.69, 9.17) is 5.26 Å². The van der Waals surface area contributed by atoms with Gasteiger partial charge in [0.25, 0.3) is 0 Å². The predicted octanol–water partition coefficient (Wildman–Crippen LogP) is 2.65. The molecular formula is C13H15BrFN3. The number of anilines is 1. The van der Waals surface area contributed by atoms with Crippen LogP contribution in [-0.2, 0) is 0 Å². The minimum absolute atomic E-state index is 0.232. The van der Waals surface area contributed by atoms with Gasteiger partial charge in [-0.25, -0.2) is 4.39 Å². The highest BCUT2D eigenvalue weighted by Crippen LogP contribution is 2.31. The summed E-state index contributed by atoms with van der Waals surface area (Å²) in [6, 6.07) is 5.87. The Hall–Kier alpha value is -1.12. The molecule has 1 N–H and O–H groups in total. The molecule has 1 saturated heterocycles. The highest BCUT2D eigenvalue weighted by molar-refractivity contribution is 9.10. The molecule has 0 spiro atoms. The summed E-state index contributed by atoms with van der Waals surface area (Å²) in [7, 11) is 0. The highest BCUT2D eigenvalue weighted by atomic mass is 79.9. The van der Waals surface area contributed by atoms with Crippen molar-refractivity contribution in [1.29, 1.82) is 5.26 Å². The van der Waals surface area contributed by atoms with Crippen LogP contribution in [0.4, 0.5) is 10.1 Å². The van der Waals surface area contributed by atoms with Crippen LogP contribution in [0.3, 0.4) is 0 Å². The first-order valence-corrected chi connectivity index (χ1v) is 6.72. The van der Waals surface area contributed by atoms with E-state index in [-0.39, 0.29) is 16.3 Å². The van der Waals surface area contributed by atoms with Crippen molar-refractivity contribution in [1.82, 2.24) is 5.32 Å². The lowest BCUT2D eigenvalue weighted by Gasteiger charge is -2.39. The maximum Gasteiger partial charge on any atom is 0.161 e. The molecule has 18 heavy (non-hydrogen) atoms. The van der Waals surface area contributed by atoms with Crippen molar-refractivity contribution in [3.63, 3.8) is 0 Å². The normalized spacial score (nSPS) is 23.8. The summed E-state index contributed by atoms with van der Waals surface area (Å²) < 4.78 is 14.5. The lowest BCUT2D eigenvalue weighted by molar-refractivity contribution is 0.420. The van der Waals surface area contributed by atoms with E-state index in [9.17, 15) is 4.39 Å². The zero-order valence-corrected chi connectivity index (χ0v) is 12.0. The van der Waals surface area contributed by atoms with E-state index in [1.54, 1.807) is 12.1 Å². The van der Waals surface area contributed by atoms with Gasteiger partial charge < -0.3 is 10.2 Å². The van der Waals surface area contributed by atoms with Gasteiger partial charge in [0.1, 0.15) is 6.07 Å². The number of piperazine rings is 1. The first kappa shape index (κ1) is 13.3. The van der Waals surface area contributed by atoms with E-state index in [2.05, 4.69) is 35.1 Å². The maximum absolute atomic E-state index is 14.3. The van der Waals surface area contributed by atoms with Gasteiger partial charge in [-0.2, -0.15) is 5.26 Å². The van der Waals surface area contributed by atoms with Crippen molar-refractivity contribution in [2.45, 2.75) is 25.9 Å². The fourth-order valence-corrected chi connectivity index (χ4v) is 2.63. The fraction of sp³-hybridized carbons (Fsp3) is 0.462. The molecule has 1 aromatic rings. The van der Waals surface area contributed by atoms with E-state index in [1.165, 1.54) is 0 Å². The molecular weight excluding hydrogens is 297 g/mol. The number of hydrogen-bond acceptors (Lipinski definition) is 3. The van der Waals surface area contributed by atoms with Crippen LogP contribution in [0.25, 0.3) is 0 Å². The molecule has 1 aliphatic rings. The Labute approximate surface area is 115 Å². The molecule has 2 rings (SSSR count). The molecule has 1 aliphatic heterocycles. The van der Waals surface area contributed by atoms with Gasteiger partial charge >= 0.3 is 0 Å². The largest absolute Gasteiger partial charge is 0.364 e. The standard InChI is InChI=1S/C13H15BrFN3/c1-8-7-18(9(2)6-17-8)11-4-3-10(5-16)12(14)13(11)15/h3-4,8-9,17H,6-7H2,1-2H3. The fourth-order valence-electron chi connectivity index (χ4n) is 2.20. The zero-order valence-electron chi connectivity index (χ0n) is 10.4. The number of nitrogens with zero attached hydrogens (tertiary/aromatic N) is 2. The summed E-state index contributed by atoms with van der Waals surface area (Å²) in [4.78, 5) is 2.04. The summed E-state index contributed by atoms with van der Waals surface area (Å²) >= 11 is 3.15. The summed E-state index contributed by atoms with van der Waals surface area (Å²) in [6.45, 7) is 5.73. The minimum atomic E-state index is -0.352. The Bertz CT molecular complexity index is 498. The molecule has 0 radical (unpaired) electrons. The summed E-state index contributed by atoms with van der Waals surface area (Å²) in [5.41, 5.74) is 0.883. The first-order valence-electron chi connectivity index (χ1n) is 5.92. The average molecular weight is 312 g/mol. The number of hydrogen-bond donors (Lipinski definition) is 1. The van der Waals surface area contributed by atoms with E-state index in [1.807, 2.05) is 11.0 Å². The van der Waals surface area contributed by atoms with Crippen molar-refractivity contribution in [2.75, 3.05) is 18.0 Å². The van der Waals surface area contributed by atoms with Crippen LogP contribution < -0.4 is 10.2 Å². The Morgan fingerprint density at radius 2 is 2.22 bits per heavy atom. The molecule has 1 fully saturated rings. The van der Waals surface area contributed by atoms with Gasteiger partial charge in [-0.3, -0.25) is 0 Å². The third-order valence-electron chi connectivity index (χ3n) is 3.26. The van der Waals surface area contributed by atoms with Gasteiger partial charge in [-0.15, -0.1) is 0 Å². The monoisotopic (exact) mass is 311 g/mol. The van der Waals surface area contributed by atoms with Crippen LogP contribution in [-0.4, -0.2) is 25.2 Å². The van der Waals surface area contributed by atoms with Gasteiger partial charge in [0, 0.05) is 25.2 Å². The number of nitriles is 1. The molecule has 0 amide bonds. The molecule has 1 heterocycles. The van der Waals surface area contributed by atoms with E-state index < -0.39 is 0 Å². The van der Waals surface area contributed by atoms with Gasteiger partial charge in [0.2, 0.25) is 0 Å². The summed E-state index contributed by atoms with van der Waals surface area (Å²) in [5, 5.41) is 12.2. The SMILES string of the molecule is CC1CN(c2ccc(C#N)c(Br)c2F)C(C)CN1. The molecule has 0 saturated carbocycles. The second kappa shape index (κ2) is 5.25. The molecule has 2 unspecified atom stereocenters. The second-order valence-corrected chi connectivity index (χ2v) is 5.48. The van der Waals surface area contributed by atoms with Crippen LogP contribution in [0, 0.1) is 17.1 Å². The molecule has 2 atom stereocenters. The minimum Gasteiger partial charge on any atom is -0.364 e. The molecule has 96 valence electrons. The van der Waals surface area contributed by atoms with Crippen molar-refractivity contribution in [3.05, 3.63) is 28.0 Å². The third kappa shape index (κ3) is 2.36. The summed E-state index contributed by atoms with van der Waals surface area (Å²) in [5.74, 6) is -0.352. The van der Waals surface area contributed by atoms with Crippen molar-refractivity contribution in [3.8, 4) is 6.07 Å². The highest BCUT2D eigenvalue weighted by Gasteiger charge is 2.25. The topological polar surface area (TPSA) is 39.1 Å². The number of nitrogens with one attached hydrogen (secondary N) is 1. The molecule has 0 bridgehead atoms. The van der Waals surface area contributed by atoms with Gasteiger partial charge in [-0.05, 0) is 41.9 Å².